The number of aliphatic hydroxyl groups excluding tert-OH is 1. The summed E-state index contributed by atoms with van der Waals surface area (Å²) >= 11 is 0. The number of carbonyl (C=O) groups excluding carboxylic acids is 1. The molecule has 1 aliphatic rings. The number of likely N-dealkylation sites (tertiary alicyclic amines) is 1. The molecule has 1 aromatic carbocycles. The Morgan fingerprint density at radius 2 is 2.08 bits per heavy atom. The Kier molecular flexibility index (Phi) is 5.08. The number of benzene rings is 1. The van der Waals surface area contributed by atoms with Crippen molar-refractivity contribution in [1.82, 2.24) is 9.88 Å². The molecule has 0 bridgehead atoms. The molecule has 1 amide bonds. The fraction of sp³-hybridized carbons (Fsp3) is 0.333. The number of carbonyl (C=O) groups is 1. The zero-order chi connectivity index (χ0) is 16.9. The molecule has 3 rings (SSSR count). The Morgan fingerprint density at radius 3 is 2.79 bits per heavy atom. The monoisotopic (exact) mass is 328 g/mol. The van der Waals surface area contributed by atoms with Crippen LogP contribution in [0.15, 0.2) is 48.7 Å². The Labute approximate surface area is 140 Å². The number of nitrogens with zero attached hydrogens (tertiary/aromatic N) is 2. The van der Waals surface area contributed by atoms with E-state index >= 15 is 0 Å². The van der Waals surface area contributed by atoms with Gasteiger partial charge in [-0.25, -0.2) is 0 Å². The summed E-state index contributed by atoms with van der Waals surface area (Å²) in [5, 5.41) is 9.50. The molecule has 24 heavy (non-hydrogen) atoms. The highest BCUT2D eigenvalue weighted by Gasteiger charge is 2.35. The highest BCUT2D eigenvalue weighted by Crippen LogP contribution is 2.24. The van der Waals surface area contributed by atoms with Crippen LogP contribution in [-0.4, -0.2) is 53.3 Å². The minimum absolute atomic E-state index is 0.0603. The lowest BCUT2D eigenvalue weighted by Gasteiger charge is -2.22. The van der Waals surface area contributed by atoms with Gasteiger partial charge in [-0.05, 0) is 24.6 Å². The van der Waals surface area contributed by atoms with E-state index in [1.807, 2.05) is 30.3 Å². The molecule has 1 N–H and O–H groups in total. The van der Waals surface area contributed by atoms with Crippen molar-refractivity contribution in [3.8, 4) is 11.5 Å². The fourth-order valence-corrected chi connectivity index (χ4v) is 2.83. The Bertz CT molecular complexity index is 692. The lowest BCUT2D eigenvalue weighted by molar-refractivity contribution is 0.0642. The van der Waals surface area contributed by atoms with Gasteiger partial charge in [0.2, 0.25) is 0 Å². The SMILES string of the molecule is CO[C@@H]1C[C@@H](CO)N(C(=O)c2cc(Oc3ccccc3)ccn2)C1. The van der Waals surface area contributed by atoms with Gasteiger partial charge in [-0.2, -0.15) is 0 Å². The Morgan fingerprint density at radius 1 is 1.29 bits per heavy atom. The van der Waals surface area contributed by atoms with Gasteiger partial charge in [0.25, 0.3) is 5.91 Å². The van der Waals surface area contributed by atoms with Crippen LogP contribution >= 0.6 is 0 Å². The van der Waals surface area contributed by atoms with Crippen LogP contribution in [0.2, 0.25) is 0 Å². The first-order valence-corrected chi connectivity index (χ1v) is 7.85. The lowest BCUT2D eigenvalue weighted by Crippen LogP contribution is -2.38. The first kappa shape index (κ1) is 16.4. The number of para-hydroxylation sites is 1. The number of hydrogen-bond donors (Lipinski definition) is 1. The second-order valence-electron chi connectivity index (χ2n) is 5.68. The molecule has 0 spiro atoms. The minimum Gasteiger partial charge on any atom is -0.457 e. The van der Waals surface area contributed by atoms with Crippen LogP contribution in [0, 0.1) is 0 Å². The van der Waals surface area contributed by atoms with E-state index in [1.165, 1.54) is 0 Å². The minimum atomic E-state index is -0.247. The smallest absolute Gasteiger partial charge is 0.273 e. The van der Waals surface area contributed by atoms with E-state index in [0.717, 1.165) is 0 Å². The van der Waals surface area contributed by atoms with Gasteiger partial charge >= 0.3 is 0 Å². The van der Waals surface area contributed by atoms with Crippen molar-refractivity contribution in [1.29, 1.82) is 0 Å². The average molecular weight is 328 g/mol. The van der Waals surface area contributed by atoms with Crippen molar-refractivity contribution in [2.24, 2.45) is 0 Å². The summed E-state index contributed by atoms with van der Waals surface area (Å²) in [5.74, 6) is 1.01. The average Bonchev–Trinajstić information content (AvgIpc) is 3.05. The molecule has 0 aliphatic carbocycles. The number of rotatable bonds is 5. The van der Waals surface area contributed by atoms with Gasteiger partial charge < -0.3 is 19.5 Å². The highest BCUT2D eigenvalue weighted by molar-refractivity contribution is 5.93. The van der Waals surface area contributed by atoms with Crippen molar-refractivity contribution < 1.29 is 19.4 Å². The lowest BCUT2D eigenvalue weighted by atomic mass is 10.2. The summed E-state index contributed by atoms with van der Waals surface area (Å²) in [5.41, 5.74) is 0.290. The standard InChI is InChI=1S/C18H20N2O4/c1-23-16-9-13(12-21)20(11-16)18(22)17-10-15(7-8-19-17)24-14-5-3-2-4-6-14/h2-8,10,13,16,21H,9,11-12H2,1H3/t13-,16+/m0/s1. The second-order valence-corrected chi connectivity index (χ2v) is 5.68. The number of aromatic nitrogens is 1. The third-order valence-electron chi connectivity index (χ3n) is 4.11. The maximum atomic E-state index is 12.7. The molecule has 2 aromatic rings. The number of hydrogen-bond acceptors (Lipinski definition) is 5. The normalized spacial score (nSPS) is 20.2. The molecule has 126 valence electrons. The first-order chi connectivity index (χ1) is 11.7. The van der Waals surface area contributed by atoms with Crippen LogP contribution in [0.1, 0.15) is 16.9 Å². The van der Waals surface area contributed by atoms with Gasteiger partial charge in [-0.3, -0.25) is 9.78 Å². The molecular formula is C18H20N2O4. The van der Waals surface area contributed by atoms with E-state index in [4.69, 9.17) is 9.47 Å². The molecule has 1 aliphatic heterocycles. The topological polar surface area (TPSA) is 71.9 Å². The number of ether oxygens (including phenoxy) is 2. The van der Waals surface area contributed by atoms with Crippen LogP contribution < -0.4 is 4.74 Å². The predicted molar refractivity (Wildman–Crippen MR) is 88.1 cm³/mol. The molecule has 2 atom stereocenters. The van der Waals surface area contributed by atoms with E-state index in [9.17, 15) is 9.90 Å². The zero-order valence-electron chi connectivity index (χ0n) is 13.5. The van der Waals surface area contributed by atoms with Gasteiger partial charge in [0, 0.05) is 25.9 Å². The van der Waals surface area contributed by atoms with Crippen molar-refractivity contribution in [3.05, 3.63) is 54.4 Å². The zero-order valence-corrected chi connectivity index (χ0v) is 13.5. The summed E-state index contributed by atoms with van der Waals surface area (Å²) in [6.07, 6.45) is 2.11. The van der Waals surface area contributed by atoms with Crippen LogP contribution in [0.5, 0.6) is 11.5 Å². The number of methoxy groups -OCH3 is 1. The summed E-state index contributed by atoms with van der Waals surface area (Å²) in [7, 11) is 1.61. The van der Waals surface area contributed by atoms with E-state index in [2.05, 4.69) is 4.98 Å². The Balaban J connectivity index is 1.77. The largest absolute Gasteiger partial charge is 0.457 e. The third-order valence-corrected chi connectivity index (χ3v) is 4.11. The summed E-state index contributed by atoms with van der Waals surface area (Å²) < 4.78 is 11.1. The van der Waals surface area contributed by atoms with Crippen molar-refractivity contribution in [3.63, 3.8) is 0 Å². The van der Waals surface area contributed by atoms with E-state index in [0.29, 0.717) is 30.2 Å². The molecule has 0 radical (unpaired) electrons. The van der Waals surface area contributed by atoms with Crippen LogP contribution in [-0.2, 0) is 4.74 Å². The van der Waals surface area contributed by atoms with E-state index in [1.54, 1.807) is 30.3 Å². The van der Waals surface area contributed by atoms with Gasteiger partial charge in [0.15, 0.2) is 0 Å². The van der Waals surface area contributed by atoms with E-state index in [-0.39, 0.29) is 24.7 Å². The van der Waals surface area contributed by atoms with Gasteiger partial charge in [-0.15, -0.1) is 0 Å². The molecule has 6 heteroatoms. The molecule has 2 heterocycles. The third kappa shape index (κ3) is 3.55. The summed E-state index contributed by atoms with van der Waals surface area (Å²) in [6, 6.07) is 12.4. The first-order valence-electron chi connectivity index (χ1n) is 7.85. The van der Waals surface area contributed by atoms with Gasteiger partial charge in [-0.1, -0.05) is 18.2 Å². The van der Waals surface area contributed by atoms with Crippen LogP contribution in [0.3, 0.4) is 0 Å². The summed E-state index contributed by atoms with van der Waals surface area (Å²) in [4.78, 5) is 18.5. The van der Waals surface area contributed by atoms with Crippen molar-refractivity contribution >= 4 is 5.91 Å². The molecule has 1 aromatic heterocycles. The maximum Gasteiger partial charge on any atom is 0.273 e. The molecule has 0 unspecified atom stereocenters. The fourth-order valence-electron chi connectivity index (χ4n) is 2.83. The van der Waals surface area contributed by atoms with Crippen molar-refractivity contribution in [2.45, 2.75) is 18.6 Å². The molecule has 1 fully saturated rings. The second kappa shape index (κ2) is 7.42. The quantitative estimate of drug-likeness (QED) is 0.910. The molecule has 0 saturated carbocycles. The molecule has 6 nitrogen and oxygen atoms in total. The van der Waals surface area contributed by atoms with Crippen LogP contribution in [0.4, 0.5) is 0 Å². The number of amides is 1. The van der Waals surface area contributed by atoms with Gasteiger partial charge in [0.05, 0.1) is 18.8 Å². The number of pyridine rings is 1. The highest BCUT2D eigenvalue weighted by atomic mass is 16.5. The maximum absolute atomic E-state index is 12.7. The van der Waals surface area contributed by atoms with Crippen molar-refractivity contribution in [2.75, 3.05) is 20.3 Å². The Hall–Kier alpha value is -2.44. The predicted octanol–water partition coefficient (Wildman–Crippen LogP) is 2.10. The molecule has 1 saturated heterocycles. The number of aliphatic hydroxyl groups is 1. The molecular weight excluding hydrogens is 308 g/mol. The summed E-state index contributed by atoms with van der Waals surface area (Å²) in [6.45, 7) is 0.359. The van der Waals surface area contributed by atoms with Gasteiger partial charge in [0.1, 0.15) is 17.2 Å². The van der Waals surface area contributed by atoms with E-state index < -0.39 is 0 Å². The van der Waals surface area contributed by atoms with Crippen LogP contribution in [0.25, 0.3) is 0 Å².